The summed E-state index contributed by atoms with van der Waals surface area (Å²) >= 11 is 0. The predicted octanol–water partition coefficient (Wildman–Crippen LogP) is 4.55. The number of nitrogens with one attached hydrogen (secondary N) is 1. The maximum absolute atomic E-state index is 4.67. The smallest absolute Gasteiger partial charge is 0.126 e. The number of hydrogen-bond donors (Lipinski definition) is 1. The molecule has 1 aromatic rings. The van der Waals surface area contributed by atoms with Gasteiger partial charge in [-0.1, -0.05) is 39.5 Å². The predicted molar refractivity (Wildman–Crippen MR) is 89.3 cm³/mol. The van der Waals surface area contributed by atoms with Gasteiger partial charge in [0.05, 0.1) is 6.04 Å². The molecule has 21 heavy (non-hydrogen) atoms. The van der Waals surface area contributed by atoms with Crippen molar-refractivity contribution in [3.05, 3.63) is 18.2 Å². The first-order chi connectivity index (χ1) is 10.3. The molecule has 1 aromatic heterocycles. The Morgan fingerprint density at radius 3 is 2.57 bits per heavy atom. The number of imidazole rings is 1. The maximum Gasteiger partial charge on any atom is 0.126 e. The Bertz CT molecular complexity index is 391. The number of hydrogen-bond acceptors (Lipinski definition) is 2. The van der Waals surface area contributed by atoms with E-state index in [9.17, 15) is 0 Å². The fourth-order valence-electron chi connectivity index (χ4n) is 3.85. The molecular weight excluding hydrogens is 258 g/mol. The van der Waals surface area contributed by atoms with Gasteiger partial charge in [0.1, 0.15) is 5.82 Å². The van der Waals surface area contributed by atoms with Crippen LogP contribution in [-0.4, -0.2) is 16.1 Å². The molecule has 1 atom stereocenters. The molecular formula is C18H33N3. The van der Waals surface area contributed by atoms with Gasteiger partial charge in [0, 0.05) is 18.9 Å². The van der Waals surface area contributed by atoms with Crippen LogP contribution in [-0.2, 0) is 6.54 Å². The van der Waals surface area contributed by atoms with E-state index in [0.29, 0.717) is 6.04 Å². The van der Waals surface area contributed by atoms with Gasteiger partial charge in [-0.3, -0.25) is 0 Å². The number of nitrogens with zero attached hydrogens (tertiary/aromatic N) is 2. The molecule has 1 N–H and O–H groups in total. The molecule has 120 valence electrons. The Kier molecular flexibility index (Phi) is 6.75. The zero-order chi connectivity index (χ0) is 15.1. The minimum Gasteiger partial charge on any atom is -0.334 e. The van der Waals surface area contributed by atoms with Crippen molar-refractivity contribution in [2.75, 3.05) is 6.54 Å². The van der Waals surface area contributed by atoms with Crippen molar-refractivity contribution >= 4 is 0 Å². The standard InChI is InChI=1S/C18H33N3/c1-4-7-15-8-10-16(11-9-15)17(19-12-5-2)18-20-13-14-21(18)6-3/h13-17,19H,4-12H2,1-3H3. The minimum atomic E-state index is 0.447. The fourth-order valence-corrected chi connectivity index (χ4v) is 3.85. The van der Waals surface area contributed by atoms with Crippen molar-refractivity contribution in [2.24, 2.45) is 11.8 Å². The average molecular weight is 291 g/mol. The molecule has 2 rings (SSSR count). The van der Waals surface area contributed by atoms with Crippen molar-refractivity contribution in [1.82, 2.24) is 14.9 Å². The Hall–Kier alpha value is -0.830. The summed E-state index contributed by atoms with van der Waals surface area (Å²) in [4.78, 5) is 4.67. The molecule has 1 heterocycles. The highest BCUT2D eigenvalue weighted by atomic mass is 15.1. The normalized spacial score (nSPS) is 24.1. The second-order valence-electron chi connectivity index (χ2n) is 6.57. The van der Waals surface area contributed by atoms with Crippen molar-refractivity contribution in [2.45, 2.75) is 78.3 Å². The van der Waals surface area contributed by atoms with Crippen LogP contribution in [0.1, 0.15) is 77.6 Å². The molecule has 0 aromatic carbocycles. The van der Waals surface area contributed by atoms with E-state index in [0.717, 1.165) is 24.9 Å². The topological polar surface area (TPSA) is 29.9 Å². The third kappa shape index (κ3) is 4.32. The molecule has 3 heteroatoms. The lowest BCUT2D eigenvalue weighted by atomic mass is 9.76. The Labute approximate surface area is 130 Å². The molecule has 0 aliphatic heterocycles. The van der Waals surface area contributed by atoms with Gasteiger partial charge in [0.25, 0.3) is 0 Å². The van der Waals surface area contributed by atoms with Crippen LogP contribution in [0, 0.1) is 11.8 Å². The highest BCUT2D eigenvalue weighted by molar-refractivity contribution is 5.02. The number of rotatable bonds is 8. The molecule has 1 aliphatic rings. The van der Waals surface area contributed by atoms with E-state index in [4.69, 9.17) is 0 Å². The summed E-state index contributed by atoms with van der Waals surface area (Å²) in [5, 5.41) is 3.78. The zero-order valence-corrected chi connectivity index (χ0v) is 14.1. The van der Waals surface area contributed by atoms with Crippen LogP contribution in [0.2, 0.25) is 0 Å². The van der Waals surface area contributed by atoms with E-state index in [1.165, 1.54) is 50.8 Å². The Morgan fingerprint density at radius 2 is 1.95 bits per heavy atom. The van der Waals surface area contributed by atoms with E-state index >= 15 is 0 Å². The fraction of sp³-hybridized carbons (Fsp3) is 0.833. The van der Waals surface area contributed by atoms with E-state index in [1.807, 2.05) is 6.20 Å². The van der Waals surface area contributed by atoms with Crippen LogP contribution in [0.25, 0.3) is 0 Å². The Morgan fingerprint density at radius 1 is 1.19 bits per heavy atom. The van der Waals surface area contributed by atoms with E-state index in [1.54, 1.807) is 0 Å². The van der Waals surface area contributed by atoms with Crippen LogP contribution < -0.4 is 5.32 Å². The summed E-state index contributed by atoms with van der Waals surface area (Å²) in [6, 6.07) is 0.447. The number of aromatic nitrogens is 2. The van der Waals surface area contributed by atoms with Gasteiger partial charge in [-0.05, 0) is 44.6 Å². The third-order valence-corrected chi connectivity index (χ3v) is 5.04. The largest absolute Gasteiger partial charge is 0.334 e. The van der Waals surface area contributed by atoms with Crippen LogP contribution in [0.15, 0.2) is 12.4 Å². The summed E-state index contributed by atoms with van der Waals surface area (Å²) in [7, 11) is 0. The van der Waals surface area contributed by atoms with Gasteiger partial charge in [0.15, 0.2) is 0 Å². The van der Waals surface area contributed by atoms with Crippen LogP contribution in [0.5, 0.6) is 0 Å². The summed E-state index contributed by atoms with van der Waals surface area (Å²) in [5.74, 6) is 2.99. The monoisotopic (exact) mass is 291 g/mol. The first kappa shape index (κ1) is 16.5. The van der Waals surface area contributed by atoms with Crippen LogP contribution in [0.3, 0.4) is 0 Å². The molecule has 0 spiro atoms. The minimum absolute atomic E-state index is 0.447. The van der Waals surface area contributed by atoms with Gasteiger partial charge >= 0.3 is 0 Å². The van der Waals surface area contributed by atoms with E-state index in [2.05, 4.69) is 41.8 Å². The van der Waals surface area contributed by atoms with Crippen molar-refractivity contribution in [3.8, 4) is 0 Å². The molecule has 1 saturated carbocycles. The SMILES string of the molecule is CCCNC(c1nccn1CC)C1CCC(CCC)CC1. The molecule has 1 unspecified atom stereocenters. The quantitative estimate of drug-likeness (QED) is 0.761. The van der Waals surface area contributed by atoms with Gasteiger partial charge in [-0.25, -0.2) is 4.98 Å². The summed E-state index contributed by atoms with van der Waals surface area (Å²) in [6.45, 7) is 8.88. The van der Waals surface area contributed by atoms with Crippen molar-refractivity contribution in [1.29, 1.82) is 0 Å². The highest BCUT2D eigenvalue weighted by Crippen LogP contribution is 2.38. The number of aryl methyl sites for hydroxylation is 1. The second kappa shape index (κ2) is 8.57. The molecule has 1 aliphatic carbocycles. The molecule has 0 radical (unpaired) electrons. The van der Waals surface area contributed by atoms with Crippen LogP contribution >= 0.6 is 0 Å². The van der Waals surface area contributed by atoms with Crippen molar-refractivity contribution < 1.29 is 0 Å². The molecule has 1 fully saturated rings. The lowest BCUT2D eigenvalue weighted by Gasteiger charge is -2.34. The van der Waals surface area contributed by atoms with Gasteiger partial charge in [-0.2, -0.15) is 0 Å². The van der Waals surface area contributed by atoms with E-state index in [-0.39, 0.29) is 0 Å². The van der Waals surface area contributed by atoms with Gasteiger partial charge in [0.2, 0.25) is 0 Å². The third-order valence-electron chi connectivity index (χ3n) is 5.04. The highest BCUT2D eigenvalue weighted by Gasteiger charge is 2.30. The van der Waals surface area contributed by atoms with Crippen LogP contribution in [0.4, 0.5) is 0 Å². The molecule has 0 amide bonds. The molecule has 0 bridgehead atoms. The molecule has 3 nitrogen and oxygen atoms in total. The lowest BCUT2D eigenvalue weighted by molar-refractivity contribution is 0.207. The summed E-state index contributed by atoms with van der Waals surface area (Å²) in [5.41, 5.74) is 0. The molecule has 0 saturated heterocycles. The Balaban J connectivity index is 2.03. The zero-order valence-electron chi connectivity index (χ0n) is 14.1. The van der Waals surface area contributed by atoms with Gasteiger partial charge in [-0.15, -0.1) is 0 Å². The summed E-state index contributed by atoms with van der Waals surface area (Å²) in [6.07, 6.45) is 13.6. The lowest BCUT2D eigenvalue weighted by Crippen LogP contribution is -2.33. The van der Waals surface area contributed by atoms with E-state index < -0.39 is 0 Å². The maximum atomic E-state index is 4.67. The first-order valence-electron chi connectivity index (χ1n) is 9.04. The van der Waals surface area contributed by atoms with Crippen molar-refractivity contribution in [3.63, 3.8) is 0 Å². The average Bonchev–Trinajstić information content (AvgIpc) is 2.98. The summed E-state index contributed by atoms with van der Waals surface area (Å²) < 4.78 is 2.31. The van der Waals surface area contributed by atoms with Gasteiger partial charge < -0.3 is 9.88 Å². The first-order valence-corrected chi connectivity index (χ1v) is 9.04. The second-order valence-corrected chi connectivity index (χ2v) is 6.57.